The zero-order chi connectivity index (χ0) is 22.6. The van der Waals surface area contributed by atoms with Crippen molar-refractivity contribution in [3.8, 4) is 0 Å². The molecule has 0 radical (unpaired) electrons. The van der Waals surface area contributed by atoms with Crippen LogP contribution in [0.25, 0.3) is 0 Å². The van der Waals surface area contributed by atoms with E-state index in [2.05, 4.69) is 5.32 Å². The highest BCUT2D eigenvalue weighted by Gasteiger charge is 2.26. The molecule has 1 N–H and O–H groups in total. The monoisotopic (exact) mass is 457 g/mol. The molecule has 4 rings (SSSR count). The van der Waals surface area contributed by atoms with Gasteiger partial charge in [0.15, 0.2) is 0 Å². The molecule has 8 nitrogen and oxygen atoms in total. The van der Waals surface area contributed by atoms with Crippen LogP contribution in [0.3, 0.4) is 0 Å². The number of sulfonamides is 1. The van der Waals surface area contributed by atoms with Gasteiger partial charge in [0, 0.05) is 43.9 Å². The summed E-state index contributed by atoms with van der Waals surface area (Å²) in [7, 11) is -3.52. The summed E-state index contributed by atoms with van der Waals surface area (Å²) in [6, 6.07) is 14.0. The van der Waals surface area contributed by atoms with Crippen molar-refractivity contribution >= 4 is 33.2 Å². The normalized spacial score (nSPS) is 17.5. The predicted molar refractivity (Wildman–Crippen MR) is 121 cm³/mol. The number of amides is 2. The molecule has 0 saturated carbocycles. The van der Waals surface area contributed by atoms with E-state index < -0.39 is 10.0 Å². The van der Waals surface area contributed by atoms with Gasteiger partial charge in [-0.05, 0) is 48.7 Å². The molecule has 2 aromatic carbocycles. The molecule has 2 fully saturated rings. The van der Waals surface area contributed by atoms with Crippen molar-refractivity contribution in [3.63, 3.8) is 0 Å². The number of hydrogen-bond donors (Lipinski definition) is 1. The smallest absolute Gasteiger partial charge is 0.243 e. The highest BCUT2D eigenvalue weighted by atomic mass is 32.2. The number of carbonyl (C=O) groups excluding carboxylic acids is 2. The molecule has 2 aliphatic heterocycles. The van der Waals surface area contributed by atoms with E-state index in [0.717, 1.165) is 17.7 Å². The molecular weight excluding hydrogens is 430 g/mol. The number of anilines is 2. The van der Waals surface area contributed by atoms with Crippen LogP contribution in [0.15, 0.2) is 53.4 Å². The number of nitrogens with zero attached hydrogens (tertiary/aromatic N) is 2. The van der Waals surface area contributed by atoms with Crippen LogP contribution in [0, 0.1) is 0 Å². The Morgan fingerprint density at radius 2 is 1.78 bits per heavy atom. The van der Waals surface area contributed by atoms with Crippen LogP contribution in [0.2, 0.25) is 0 Å². The highest BCUT2D eigenvalue weighted by Crippen LogP contribution is 2.24. The van der Waals surface area contributed by atoms with E-state index in [1.807, 2.05) is 18.2 Å². The van der Waals surface area contributed by atoms with Crippen molar-refractivity contribution in [3.05, 3.63) is 54.1 Å². The van der Waals surface area contributed by atoms with Crippen LogP contribution in [-0.4, -0.2) is 57.4 Å². The summed E-state index contributed by atoms with van der Waals surface area (Å²) < 4.78 is 32.0. The van der Waals surface area contributed by atoms with Gasteiger partial charge >= 0.3 is 0 Å². The lowest BCUT2D eigenvalue weighted by atomic mass is 10.1. The highest BCUT2D eigenvalue weighted by molar-refractivity contribution is 7.89. The Kier molecular flexibility index (Phi) is 6.88. The average molecular weight is 458 g/mol. The summed E-state index contributed by atoms with van der Waals surface area (Å²) in [4.78, 5) is 26.3. The Bertz CT molecular complexity index is 1080. The minimum atomic E-state index is -3.52. The van der Waals surface area contributed by atoms with Gasteiger partial charge in [0.05, 0.1) is 18.1 Å². The van der Waals surface area contributed by atoms with Gasteiger partial charge in [-0.2, -0.15) is 4.31 Å². The molecular formula is C23H27N3O5S. The Hall–Kier alpha value is -2.75. The molecule has 0 spiro atoms. The Labute approximate surface area is 188 Å². The number of nitrogens with one attached hydrogen (secondary N) is 1. The van der Waals surface area contributed by atoms with Gasteiger partial charge in [-0.25, -0.2) is 8.42 Å². The van der Waals surface area contributed by atoms with Crippen LogP contribution in [-0.2, 0) is 30.8 Å². The zero-order valence-corrected chi connectivity index (χ0v) is 18.6. The van der Waals surface area contributed by atoms with E-state index >= 15 is 0 Å². The van der Waals surface area contributed by atoms with E-state index in [0.29, 0.717) is 51.4 Å². The molecule has 32 heavy (non-hydrogen) atoms. The molecule has 2 amide bonds. The van der Waals surface area contributed by atoms with E-state index in [-0.39, 0.29) is 23.1 Å². The van der Waals surface area contributed by atoms with E-state index in [1.54, 1.807) is 35.2 Å². The van der Waals surface area contributed by atoms with Gasteiger partial charge in [-0.15, -0.1) is 0 Å². The van der Waals surface area contributed by atoms with Crippen molar-refractivity contribution in [2.75, 3.05) is 43.1 Å². The summed E-state index contributed by atoms with van der Waals surface area (Å²) in [6.45, 7) is 2.23. The lowest BCUT2D eigenvalue weighted by Gasteiger charge is -2.26. The fraction of sp³-hybridized carbons (Fsp3) is 0.391. The summed E-state index contributed by atoms with van der Waals surface area (Å²) >= 11 is 0. The summed E-state index contributed by atoms with van der Waals surface area (Å²) in [5.41, 5.74) is 2.33. The first-order valence-corrected chi connectivity index (χ1v) is 12.2. The molecule has 0 aliphatic carbocycles. The first-order chi connectivity index (χ1) is 15.4. The topological polar surface area (TPSA) is 96.0 Å². The summed E-state index contributed by atoms with van der Waals surface area (Å²) in [5.74, 6) is -0.0347. The third kappa shape index (κ3) is 5.17. The number of benzene rings is 2. The van der Waals surface area contributed by atoms with Crippen molar-refractivity contribution < 1.29 is 22.7 Å². The standard InChI is InChI=1S/C23H27N3O5S/c27-22(24-19-3-1-4-20(17-19)26-12-2-5-23(26)28)11-8-18-6-9-21(10-7-18)32(29,30)25-13-15-31-16-14-25/h1,3-4,6-7,9-10,17H,2,5,8,11-16H2,(H,24,27). The van der Waals surface area contributed by atoms with Gasteiger partial charge < -0.3 is 15.0 Å². The van der Waals surface area contributed by atoms with Crippen molar-refractivity contribution in [1.29, 1.82) is 0 Å². The molecule has 9 heteroatoms. The summed E-state index contributed by atoms with van der Waals surface area (Å²) in [6.07, 6.45) is 2.17. The molecule has 2 aliphatic rings. The quantitative estimate of drug-likeness (QED) is 0.689. The molecule has 0 bridgehead atoms. The molecule has 2 heterocycles. The first kappa shape index (κ1) is 22.4. The lowest BCUT2D eigenvalue weighted by Crippen LogP contribution is -2.40. The molecule has 0 atom stereocenters. The van der Waals surface area contributed by atoms with Crippen LogP contribution in [0.4, 0.5) is 11.4 Å². The minimum Gasteiger partial charge on any atom is -0.379 e. The molecule has 0 aromatic heterocycles. The van der Waals surface area contributed by atoms with Gasteiger partial charge in [0.25, 0.3) is 0 Å². The lowest BCUT2D eigenvalue weighted by molar-refractivity contribution is -0.117. The van der Waals surface area contributed by atoms with E-state index in [4.69, 9.17) is 4.74 Å². The third-order valence-electron chi connectivity index (χ3n) is 5.69. The maximum absolute atomic E-state index is 12.7. The SMILES string of the molecule is O=C(CCc1ccc(S(=O)(=O)N2CCOCC2)cc1)Nc1cccc(N2CCCC2=O)c1. The van der Waals surface area contributed by atoms with Crippen LogP contribution in [0.1, 0.15) is 24.8 Å². The van der Waals surface area contributed by atoms with E-state index in [1.165, 1.54) is 4.31 Å². The second-order valence-electron chi connectivity index (χ2n) is 7.91. The Balaban J connectivity index is 1.32. The number of carbonyl (C=O) groups is 2. The Morgan fingerprint density at radius 1 is 1.03 bits per heavy atom. The van der Waals surface area contributed by atoms with Gasteiger partial charge in [0.2, 0.25) is 21.8 Å². The molecule has 2 aromatic rings. The van der Waals surface area contributed by atoms with Crippen LogP contribution < -0.4 is 10.2 Å². The van der Waals surface area contributed by atoms with Gasteiger partial charge in [0.1, 0.15) is 0 Å². The second kappa shape index (κ2) is 9.81. The van der Waals surface area contributed by atoms with Gasteiger partial charge in [-0.1, -0.05) is 18.2 Å². The molecule has 2 saturated heterocycles. The van der Waals surface area contributed by atoms with Crippen molar-refractivity contribution in [2.24, 2.45) is 0 Å². The number of hydrogen-bond acceptors (Lipinski definition) is 5. The number of ether oxygens (including phenoxy) is 1. The van der Waals surface area contributed by atoms with Gasteiger partial charge in [-0.3, -0.25) is 9.59 Å². The van der Waals surface area contributed by atoms with E-state index in [9.17, 15) is 18.0 Å². The maximum atomic E-state index is 12.7. The first-order valence-electron chi connectivity index (χ1n) is 10.8. The second-order valence-corrected chi connectivity index (χ2v) is 9.85. The molecule has 170 valence electrons. The number of morpholine rings is 1. The fourth-order valence-electron chi connectivity index (χ4n) is 3.92. The average Bonchev–Trinajstić information content (AvgIpc) is 3.24. The number of rotatable bonds is 7. The number of aryl methyl sites for hydroxylation is 1. The molecule has 0 unspecified atom stereocenters. The van der Waals surface area contributed by atoms with Crippen molar-refractivity contribution in [2.45, 2.75) is 30.6 Å². The van der Waals surface area contributed by atoms with Crippen LogP contribution in [0.5, 0.6) is 0 Å². The maximum Gasteiger partial charge on any atom is 0.243 e. The zero-order valence-electron chi connectivity index (χ0n) is 17.8. The largest absolute Gasteiger partial charge is 0.379 e. The Morgan fingerprint density at radius 3 is 2.47 bits per heavy atom. The fourth-order valence-corrected chi connectivity index (χ4v) is 5.33. The van der Waals surface area contributed by atoms with Crippen molar-refractivity contribution in [1.82, 2.24) is 4.31 Å². The minimum absolute atomic E-state index is 0.104. The predicted octanol–water partition coefficient (Wildman–Crippen LogP) is 2.41. The van der Waals surface area contributed by atoms with Crippen LogP contribution >= 0.6 is 0 Å². The summed E-state index contributed by atoms with van der Waals surface area (Å²) in [5, 5.41) is 2.88. The third-order valence-corrected chi connectivity index (χ3v) is 7.60.